The lowest BCUT2D eigenvalue weighted by Crippen LogP contribution is -2.50. The Hall–Kier alpha value is -3.41. The molecule has 0 radical (unpaired) electrons. The number of carbonyl (C=O) groups excluding carboxylic acids is 1. The Bertz CT molecular complexity index is 1040. The summed E-state index contributed by atoms with van der Waals surface area (Å²) in [6, 6.07) is 18.2. The Balaban J connectivity index is 1.47. The van der Waals surface area contributed by atoms with Gasteiger partial charge in [-0.2, -0.15) is 0 Å². The van der Waals surface area contributed by atoms with Gasteiger partial charge in [-0.3, -0.25) is 0 Å². The third-order valence-corrected chi connectivity index (χ3v) is 5.70. The van der Waals surface area contributed by atoms with Gasteiger partial charge in [0.1, 0.15) is 11.6 Å². The molecule has 0 saturated carbocycles. The number of hydrogen-bond donors (Lipinski definition) is 1. The normalized spacial score (nSPS) is 13.9. The van der Waals surface area contributed by atoms with Crippen LogP contribution in [0.1, 0.15) is 28.2 Å². The third-order valence-electron chi connectivity index (χ3n) is 5.70. The van der Waals surface area contributed by atoms with Crippen LogP contribution in [0.2, 0.25) is 0 Å². The third kappa shape index (κ3) is 5.02. The summed E-state index contributed by atoms with van der Waals surface area (Å²) >= 11 is 0. The van der Waals surface area contributed by atoms with Gasteiger partial charge in [-0.1, -0.05) is 48.0 Å². The number of urea groups is 1. The predicted molar refractivity (Wildman–Crippen MR) is 125 cm³/mol. The van der Waals surface area contributed by atoms with Gasteiger partial charge in [0.05, 0.1) is 0 Å². The van der Waals surface area contributed by atoms with Crippen molar-refractivity contribution >= 4 is 17.5 Å². The maximum atomic E-state index is 12.6. The van der Waals surface area contributed by atoms with Gasteiger partial charge in [-0.05, 0) is 38.5 Å². The Morgan fingerprint density at radius 2 is 1.58 bits per heavy atom. The summed E-state index contributed by atoms with van der Waals surface area (Å²) in [7, 11) is 0. The van der Waals surface area contributed by atoms with Gasteiger partial charge in [0.2, 0.25) is 0 Å². The molecule has 6 heteroatoms. The monoisotopic (exact) mass is 415 g/mol. The van der Waals surface area contributed by atoms with Gasteiger partial charge < -0.3 is 15.1 Å². The second-order valence-electron chi connectivity index (χ2n) is 8.09. The zero-order valence-electron chi connectivity index (χ0n) is 18.4. The minimum absolute atomic E-state index is 0.0548. The molecular formula is C25H29N5O. The highest BCUT2D eigenvalue weighted by Crippen LogP contribution is 2.25. The van der Waals surface area contributed by atoms with Crippen molar-refractivity contribution < 1.29 is 4.79 Å². The van der Waals surface area contributed by atoms with E-state index in [0.717, 1.165) is 48.1 Å². The molecule has 1 saturated heterocycles. The molecule has 0 unspecified atom stereocenters. The highest BCUT2D eigenvalue weighted by Gasteiger charge is 2.25. The predicted octanol–water partition coefficient (Wildman–Crippen LogP) is 4.35. The second kappa shape index (κ2) is 9.16. The molecule has 0 aliphatic carbocycles. The van der Waals surface area contributed by atoms with Crippen LogP contribution in [-0.2, 0) is 6.42 Å². The number of piperazine rings is 1. The lowest BCUT2D eigenvalue weighted by molar-refractivity contribution is 0.208. The minimum Gasteiger partial charge on any atom is -0.353 e. The first-order chi connectivity index (χ1) is 15.0. The fourth-order valence-electron chi connectivity index (χ4n) is 3.94. The number of anilines is 2. The summed E-state index contributed by atoms with van der Waals surface area (Å²) in [5.74, 6) is 1.78. The second-order valence-corrected chi connectivity index (χ2v) is 8.09. The topological polar surface area (TPSA) is 61.4 Å². The highest BCUT2D eigenvalue weighted by atomic mass is 16.2. The molecule has 31 heavy (non-hydrogen) atoms. The number of benzene rings is 2. The minimum atomic E-state index is -0.0548. The van der Waals surface area contributed by atoms with Crippen molar-refractivity contribution in [2.75, 3.05) is 36.4 Å². The Morgan fingerprint density at radius 3 is 2.26 bits per heavy atom. The quantitative estimate of drug-likeness (QED) is 0.688. The van der Waals surface area contributed by atoms with Crippen molar-refractivity contribution in [1.29, 1.82) is 0 Å². The summed E-state index contributed by atoms with van der Waals surface area (Å²) in [6.45, 7) is 8.91. The fourth-order valence-corrected chi connectivity index (χ4v) is 3.94. The first-order valence-corrected chi connectivity index (χ1v) is 10.7. The molecule has 0 spiro atoms. The van der Waals surface area contributed by atoms with E-state index < -0.39 is 0 Å². The van der Waals surface area contributed by atoms with Crippen molar-refractivity contribution in [3.63, 3.8) is 0 Å². The molecule has 3 aromatic rings. The van der Waals surface area contributed by atoms with Crippen LogP contribution in [-0.4, -0.2) is 47.1 Å². The molecule has 1 aliphatic rings. The summed E-state index contributed by atoms with van der Waals surface area (Å²) in [5.41, 5.74) is 5.51. The summed E-state index contributed by atoms with van der Waals surface area (Å²) in [6.07, 6.45) is 0.802. The van der Waals surface area contributed by atoms with Crippen molar-refractivity contribution in [2.24, 2.45) is 0 Å². The fraction of sp³-hybridized carbons (Fsp3) is 0.320. The van der Waals surface area contributed by atoms with Gasteiger partial charge in [-0.15, -0.1) is 0 Å². The highest BCUT2D eigenvalue weighted by molar-refractivity contribution is 5.89. The van der Waals surface area contributed by atoms with Gasteiger partial charge in [0, 0.05) is 49.5 Å². The van der Waals surface area contributed by atoms with Gasteiger partial charge in [0.25, 0.3) is 0 Å². The summed E-state index contributed by atoms with van der Waals surface area (Å²) < 4.78 is 0. The van der Waals surface area contributed by atoms with E-state index in [9.17, 15) is 4.79 Å². The zero-order valence-corrected chi connectivity index (χ0v) is 18.4. The number of nitrogens with zero attached hydrogens (tertiary/aromatic N) is 4. The molecule has 1 aliphatic heterocycles. The summed E-state index contributed by atoms with van der Waals surface area (Å²) in [4.78, 5) is 26.2. The van der Waals surface area contributed by atoms with Crippen LogP contribution in [0, 0.1) is 20.8 Å². The van der Waals surface area contributed by atoms with E-state index in [2.05, 4.69) is 53.3 Å². The number of carbonyl (C=O) groups is 1. The molecule has 4 rings (SSSR count). The van der Waals surface area contributed by atoms with Crippen LogP contribution < -0.4 is 10.2 Å². The van der Waals surface area contributed by atoms with Crippen molar-refractivity contribution in [1.82, 2.24) is 14.9 Å². The lowest BCUT2D eigenvalue weighted by atomic mass is 10.0. The molecule has 2 heterocycles. The van der Waals surface area contributed by atoms with E-state index in [0.29, 0.717) is 13.1 Å². The molecule has 1 aromatic heterocycles. The van der Waals surface area contributed by atoms with Gasteiger partial charge in [0.15, 0.2) is 0 Å². The number of aryl methyl sites for hydroxylation is 3. The lowest BCUT2D eigenvalue weighted by Gasteiger charge is -2.36. The molecule has 0 atom stereocenters. The molecule has 2 amide bonds. The standard InChI is InChI=1S/C25H29N5O/c1-18-9-11-21(12-10-18)17-23-19(2)26-20(3)27-24(23)29-13-15-30(16-14-29)25(31)28-22-7-5-4-6-8-22/h4-12H,13-17H2,1-3H3,(H,28,31). The number of nitrogens with one attached hydrogen (secondary N) is 1. The van der Waals surface area contributed by atoms with Crippen LogP contribution >= 0.6 is 0 Å². The molecule has 160 valence electrons. The van der Waals surface area contributed by atoms with E-state index in [1.807, 2.05) is 42.2 Å². The average molecular weight is 416 g/mol. The Morgan fingerprint density at radius 1 is 0.903 bits per heavy atom. The van der Waals surface area contributed by atoms with Crippen molar-refractivity contribution in [2.45, 2.75) is 27.2 Å². The van der Waals surface area contributed by atoms with Crippen LogP contribution in [0.15, 0.2) is 54.6 Å². The van der Waals surface area contributed by atoms with Gasteiger partial charge >= 0.3 is 6.03 Å². The van der Waals surface area contributed by atoms with Crippen molar-refractivity contribution in [3.05, 3.63) is 82.8 Å². The first kappa shape index (κ1) is 20.8. The van der Waals surface area contributed by atoms with Crippen LogP contribution in [0.5, 0.6) is 0 Å². The number of amides is 2. The van der Waals surface area contributed by atoms with E-state index in [4.69, 9.17) is 4.98 Å². The average Bonchev–Trinajstić information content (AvgIpc) is 2.77. The van der Waals surface area contributed by atoms with Crippen molar-refractivity contribution in [3.8, 4) is 0 Å². The number of aromatic nitrogens is 2. The maximum Gasteiger partial charge on any atom is 0.321 e. The number of hydrogen-bond acceptors (Lipinski definition) is 4. The molecule has 2 aromatic carbocycles. The molecule has 1 N–H and O–H groups in total. The molecule has 1 fully saturated rings. The molecule has 0 bridgehead atoms. The van der Waals surface area contributed by atoms with E-state index in [1.54, 1.807) is 0 Å². The number of para-hydroxylation sites is 1. The first-order valence-electron chi connectivity index (χ1n) is 10.7. The number of rotatable bonds is 4. The SMILES string of the molecule is Cc1ccc(Cc2c(C)nc(C)nc2N2CCN(C(=O)Nc3ccccc3)CC2)cc1. The maximum absolute atomic E-state index is 12.6. The van der Waals surface area contributed by atoms with E-state index in [-0.39, 0.29) is 6.03 Å². The van der Waals surface area contributed by atoms with Gasteiger partial charge in [-0.25, -0.2) is 14.8 Å². The Labute approximate surface area is 183 Å². The summed E-state index contributed by atoms with van der Waals surface area (Å²) in [5, 5.41) is 2.98. The molecular weight excluding hydrogens is 386 g/mol. The van der Waals surface area contributed by atoms with Crippen LogP contribution in [0.4, 0.5) is 16.3 Å². The van der Waals surface area contributed by atoms with Crippen LogP contribution in [0.25, 0.3) is 0 Å². The smallest absolute Gasteiger partial charge is 0.321 e. The molecule has 6 nitrogen and oxygen atoms in total. The van der Waals surface area contributed by atoms with E-state index in [1.165, 1.54) is 11.1 Å². The Kier molecular flexibility index (Phi) is 6.16. The van der Waals surface area contributed by atoms with E-state index >= 15 is 0 Å². The largest absolute Gasteiger partial charge is 0.353 e. The zero-order chi connectivity index (χ0) is 21.8. The van der Waals surface area contributed by atoms with Crippen LogP contribution in [0.3, 0.4) is 0 Å².